The standard InChI is InChI=1S/C23H23FN2O2S/c1-27-21-13-8-18(22(14-21)28-2)16-26(15-17-6-4-3-5-7-17)23(29)25-20-11-9-19(24)10-12-20/h3-14H,15-16H2,1-2H3,(H,25,29). The van der Waals surface area contributed by atoms with Crippen LogP contribution in [0.15, 0.2) is 72.8 Å². The molecule has 0 unspecified atom stereocenters. The lowest BCUT2D eigenvalue weighted by Crippen LogP contribution is -2.34. The Balaban J connectivity index is 1.84. The van der Waals surface area contributed by atoms with Crippen LogP contribution in [0.2, 0.25) is 0 Å². The monoisotopic (exact) mass is 410 g/mol. The first kappa shape index (κ1) is 20.6. The van der Waals surface area contributed by atoms with Crippen molar-refractivity contribution in [3.05, 3.63) is 89.7 Å². The van der Waals surface area contributed by atoms with Gasteiger partial charge in [0.05, 0.1) is 14.2 Å². The van der Waals surface area contributed by atoms with Crippen molar-refractivity contribution in [1.82, 2.24) is 4.90 Å². The van der Waals surface area contributed by atoms with E-state index in [1.54, 1.807) is 26.4 Å². The molecule has 0 heterocycles. The number of nitrogens with one attached hydrogen (secondary N) is 1. The van der Waals surface area contributed by atoms with Crippen molar-refractivity contribution in [3.63, 3.8) is 0 Å². The number of rotatable bonds is 7. The van der Waals surface area contributed by atoms with E-state index in [-0.39, 0.29) is 5.82 Å². The van der Waals surface area contributed by atoms with Gasteiger partial charge in [-0.2, -0.15) is 0 Å². The molecule has 6 heteroatoms. The molecule has 29 heavy (non-hydrogen) atoms. The van der Waals surface area contributed by atoms with Crippen LogP contribution in [0.1, 0.15) is 11.1 Å². The Morgan fingerprint density at radius 1 is 0.931 bits per heavy atom. The molecule has 0 atom stereocenters. The molecule has 3 aromatic rings. The van der Waals surface area contributed by atoms with Gasteiger partial charge in [0.2, 0.25) is 0 Å². The van der Waals surface area contributed by atoms with Crippen molar-refractivity contribution >= 4 is 23.0 Å². The van der Waals surface area contributed by atoms with Crippen molar-refractivity contribution in [2.24, 2.45) is 0 Å². The van der Waals surface area contributed by atoms with Crippen LogP contribution in [0.4, 0.5) is 10.1 Å². The van der Waals surface area contributed by atoms with Crippen molar-refractivity contribution in [2.75, 3.05) is 19.5 Å². The van der Waals surface area contributed by atoms with Gasteiger partial charge in [-0.3, -0.25) is 0 Å². The summed E-state index contributed by atoms with van der Waals surface area (Å²) in [5.74, 6) is 1.17. The van der Waals surface area contributed by atoms with Gasteiger partial charge in [-0.05, 0) is 54.2 Å². The second-order valence-electron chi connectivity index (χ2n) is 6.46. The number of benzene rings is 3. The minimum absolute atomic E-state index is 0.287. The first-order valence-electron chi connectivity index (χ1n) is 9.15. The van der Waals surface area contributed by atoms with Crippen molar-refractivity contribution in [3.8, 4) is 11.5 Å². The van der Waals surface area contributed by atoms with E-state index in [0.717, 1.165) is 28.3 Å². The summed E-state index contributed by atoms with van der Waals surface area (Å²) >= 11 is 5.67. The molecule has 0 saturated heterocycles. The van der Waals surface area contributed by atoms with Crippen LogP contribution in [-0.2, 0) is 13.1 Å². The number of hydrogen-bond donors (Lipinski definition) is 1. The Hall–Kier alpha value is -3.12. The number of nitrogens with zero attached hydrogens (tertiary/aromatic N) is 1. The van der Waals surface area contributed by atoms with Gasteiger partial charge in [0, 0.05) is 30.4 Å². The van der Waals surface area contributed by atoms with Crippen LogP contribution in [0.3, 0.4) is 0 Å². The summed E-state index contributed by atoms with van der Waals surface area (Å²) in [6.07, 6.45) is 0. The highest BCUT2D eigenvalue weighted by Crippen LogP contribution is 2.26. The normalized spacial score (nSPS) is 10.3. The summed E-state index contributed by atoms with van der Waals surface area (Å²) in [6.45, 7) is 1.15. The maximum Gasteiger partial charge on any atom is 0.174 e. The zero-order valence-corrected chi connectivity index (χ0v) is 17.2. The molecule has 0 aromatic heterocycles. The third-order valence-electron chi connectivity index (χ3n) is 4.45. The van der Waals surface area contributed by atoms with Crippen LogP contribution in [0.25, 0.3) is 0 Å². The zero-order valence-electron chi connectivity index (χ0n) is 16.4. The van der Waals surface area contributed by atoms with Crippen LogP contribution in [0, 0.1) is 5.82 Å². The van der Waals surface area contributed by atoms with E-state index in [2.05, 4.69) is 17.4 Å². The fraction of sp³-hybridized carbons (Fsp3) is 0.174. The molecule has 1 N–H and O–H groups in total. The maximum absolute atomic E-state index is 13.2. The number of halogens is 1. The Morgan fingerprint density at radius 3 is 2.31 bits per heavy atom. The molecule has 0 radical (unpaired) electrons. The molecule has 0 fully saturated rings. The first-order chi connectivity index (χ1) is 14.1. The maximum atomic E-state index is 13.2. The minimum atomic E-state index is -0.287. The largest absolute Gasteiger partial charge is 0.497 e. The van der Waals surface area contributed by atoms with Crippen molar-refractivity contribution < 1.29 is 13.9 Å². The van der Waals surface area contributed by atoms with Crippen LogP contribution in [-0.4, -0.2) is 24.2 Å². The quantitative estimate of drug-likeness (QED) is 0.539. The molecule has 0 amide bonds. The lowest BCUT2D eigenvalue weighted by atomic mass is 10.1. The Bertz CT molecular complexity index is 949. The molecular formula is C23H23FN2O2S. The van der Waals surface area contributed by atoms with Gasteiger partial charge in [0.1, 0.15) is 17.3 Å². The lowest BCUT2D eigenvalue weighted by Gasteiger charge is -2.27. The first-order valence-corrected chi connectivity index (χ1v) is 9.56. The van der Waals surface area contributed by atoms with Gasteiger partial charge in [-0.1, -0.05) is 30.3 Å². The van der Waals surface area contributed by atoms with Gasteiger partial charge in [0.25, 0.3) is 0 Å². The third-order valence-corrected chi connectivity index (χ3v) is 4.81. The Morgan fingerprint density at radius 2 is 1.66 bits per heavy atom. The van der Waals surface area contributed by atoms with Crippen LogP contribution < -0.4 is 14.8 Å². The molecular weight excluding hydrogens is 387 g/mol. The number of ether oxygens (including phenoxy) is 2. The van der Waals surface area contributed by atoms with Gasteiger partial charge in [-0.15, -0.1) is 0 Å². The highest BCUT2D eigenvalue weighted by molar-refractivity contribution is 7.80. The van der Waals surface area contributed by atoms with E-state index in [4.69, 9.17) is 21.7 Å². The Labute approximate surface area is 175 Å². The topological polar surface area (TPSA) is 33.7 Å². The van der Waals surface area contributed by atoms with Crippen molar-refractivity contribution in [2.45, 2.75) is 13.1 Å². The molecule has 3 rings (SSSR count). The van der Waals surface area contributed by atoms with Crippen LogP contribution in [0.5, 0.6) is 11.5 Å². The third kappa shape index (κ3) is 5.68. The molecule has 0 aliphatic heterocycles. The van der Waals surface area contributed by atoms with E-state index in [1.807, 2.05) is 41.3 Å². The van der Waals surface area contributed by atoms with Gasteiger partial charge < -0.3 is 19.7 Å². The molecule has 0 saturated carbocycles. The lowest BCUT2D eigenvalue weighted by molar-refractivity contribution is 0.370. The summed E-state index contributed by atoms with van der Waals surface area (Å²) in [5.41, 5.74) is 2.84. The van der Waals surface area contributed by atoms with E-state index in [1.165, 1.54) is 12.1 Å². The van der Waals surface area contributed by atoms with E-state index < -0.39 is 0 Å². The van der Waals surface area contributed by atoms with Crippen molar-refractivity contribution in [1.29, 1.82) is 0 Å². The number of hydrogen-bond acceptors (Lipinski definition) is 3. The molecule has 0 spiro atoms. The second-order valence-corrected chi connectivity index (χ2v) is 6.84. The average Bonchev–Trinajstić information content (AvgIpc) is 2.75. The highest BCUT2D eigenvalue weighted by atomic mass is 32.1. The molecule has 0 aliphatic rings. The summed E-state index contributed by atoms with van der Waals surface area (Å²) in [4.78, 5) is 2.04. The summed E-state index contributed by atoms with van der Waals surface area (Å²) in [6, 6.07) is 21.9. The molecule has 0 aliphatic carbocycles. The average molecular weight is 411 g/mol. The smallest absolute Gasteiger partial charge is 0.174 e. The fourth-order valence-corrected chi connectivity index (χ4v) is 3.17. The molecule has 150 valence electrons. The number of anilines is 1. The predicted octanol–water partition coefficient (Wildman–Crippen LogP) is 5.24. The Kier molecular flexibility index (Phi) is 7.03. The molecule has 0 bridgehead atoms. The summed E-state index contributed by atoms with van der Waals surface area (Å²) < 4.78 is 24.0. The number of methoxy groups -OCH3 is 2. The molecule has 3 aromatic carbocycles. The number of thiocarbonyl (C=S) groups is 1. The van der Waals surface area contributed by atoms with Gasteiger partial charge in [-0.25, -0.2) is 4.39 Å². The summed E-state index contributed by atoms with van der Waals surface area (Å²) in [5, 5.41) is 3.74. The minimum Gasteiger partial charge on any atom is -0.497 e. The van der Waals surface area contributed by atoms with Gasteiger partial charge >= 0.3 is 0 Å². The van der Waals surface area contributed by atoms with Gasteiger partial charge in [0.15, 0.2) is 5.11 Å². The molecule has 4 nitrogen and oxygen atoms in total. The predicted molar refractivity (Wildman–Crippen MR) is 118 cm³/mol. The fourth-order valence-electron chi connectivity index (χ4n) is 2.93. The SMILES string of the molecule is COc1ccc(CN(Cc2ccccc2)C(=S)Nc2ccc(F)cc2)c(OC)c1. The van der Waals surface area contributed by atoms with E-state index in [9.17, 15) is 4.39 Å². The van der Waals surface area contributed by atoms with Crippen LogP contribution >= 0.6 is 12.2 Å². The van der Waals surface area contributed by atoms with E-state index >= 15 is 0 Å². The second kappa shape index (κ2) is 9.89. The van der Waals surface area contributed by atoms with E-state index in [0.29, 0.717) is 18.2 Å². The highest BCUT2D eigenvalue weighted by Gasteiger charge is 2.15. The zero-order chi connectivity index (χ0) is 20.6. The summed E-state index contributed by atoms with van der Waals surface area (Å²) in [7, 11) is 3.26.